The molecule has 2 aromatic rings. The molecule has 0 heterocycles. The van der Waals surface area contributed by atoms with E-state index in [1.807, 2.05) is 42.5 Å². The molecule has 4 nitrogen and oxygen atoms in total. The number of hydrogen-bond donors (Lipinski definition) is 0. The van der Waals surface area contributed by atoms with Gasteiger partial charge >= 0.3 is 0 Å². The van der Waals surface area contributed by atoms with Gasteiger partial charge in [0.15, 0.2) is 5.75 Å². The Kier molecular flexibility index (Phi) is 5.32. The highest BCUT2D eigenvalue weighted by molar-refractivity contribution is 5.70. The molecule has 21 heavy (non-hydrogen) atoms. The molecule has 2 aromatic carbocycles. The first-order valence-corrected chi connectivity index (χ1v) is 7.17. The van der Waals surface area contributed by atoms with E-state index < -0.39 is 0 Å². The molecular formula is C17H21N3O. The van der Waals surface area contributed by atoms with Crippen LogP contribution in [0.1, 0.15) is 20.3 Å². The Labute approximate surface area is 126 Å². The van der Waals surface area contributed by atoms with Crippen molar-refractivity contribution < 1.29 is 4.84 Å². The maximum atomic E-state index is 5.97. The van der Waals surface area contributed by atoms with Crippen LogP contribution in [0.2, 0.25) is 0 Å². The highest BCUT2D eigenvalue weighted by Crippen LogP contribution is 2.30. The normalized spacial score (nSPS) is 12.3. The molecule has 0 saturated carbocycles. The quantitative estimate of drug-likeness (QED) is 0.567. The molecule has 0 radical (unpaired) electrons. The highest BCUT2D eigenvalue weighted by atomic mass is 16.7. The van der Waals surface area contributed by atoms with Crippen molar-refractivity contribution in [2.75, 3.05) is 7.05 Å². The highest BCUT2D eigenvalue weighted by Gasteiger charge is 2.15. The van der Waals surface area contributed by atoms with Gasteiger partial charge in [-0.3, -0.25) is 0 Å². The van der Waals surface area contributed by atoms with Crippen molar-refractivity contribution in [2.45, 2.75) is 26.3 Å². The first kappa shape index (κ1) is 15.0. The zero-order valence-corrected chi connectivity index (χ0v) is 12.7. The minimum absolute atomic E-state index is 0.150. The summed E-state index contributed by atoms with van der Waals surface area (Å²) in [6, 6.07) is 18.3. The zero-order valence-electron chi connectivity index (χ0n) is 12.7. The van der Waals surface area contributed by atoms with Gasteiger partial charge in [-0.2, -0.15) is 5.11 Å². The summed E-state index contributed by atoms with van der Waals surface area (Å²) in [7, 11) is 1.64. The molecule has 4 heteroatoms. The van der Waals surface area contributed by atoms with Crippen LogP contribution in [0.5, 0.6) is 5.75 Å². The van der Waals surface area contributed by atoms with Gasteiger partial charge in [-0.25, -0.2) is 0 Å². The smallest absolute Gasteiger partial charge is 0.165 e. The van der Waals surface area contributed by atoms with Crippen molar-refractivity contribution in [3.05, 3.63) is 54.6 Å². The average Bonchev–Trinajstić information content (AvgIpc) is 2.55. The summed E-state index contributed by atoms with van der Waals surface area (Å²) in [5, 5.41) is 9.45. The Morgan fingerprint density at radius 3 is 2.38 bits per heavy atom. The lowest BCUT2D eigenvalue weighted by Gasteiger charge is -2.24. The van der Waals surface area contributed by atoms with Crippen LogP contribution < -0.4 is 4.84 Å². The summed E-state index contributed by atoms with van der Waals surface area (Å²) >= 11 is 0. The van der Waals surface area contributed by atoms with Crippen LogP contribution in [0.25, 0.3) is 11.1 Å². The molecule has 2 rings (SSSR count). The van der Waals surface area contributed by atoms with Crippen molar-refractivity contribution in [3.8, 4) is 16.9 Å². The Morgan fingerprint density at radius 2 is 1.71 bits per heavy atom. The number of rotatable bonds is 6. The standard InChI is InChI=1S/C17H21N3O/c1-4-14(2)20(19-18-3)21-17-13-9-8-12-16(17)15-10-6-5-7-11-15/h5-14H,4H2,1-3H3. The summed E-state index contributed by atoms with van der Waals surface area (Å²) in [4.78, 5) is 5.97. The van der Waals surface area contributed by atoms with Crippen LogP contribution in [-0.4, -0.2) is 18.3 Å². The lowest BCUT2D eigenvalue weighted by Crippen LogP contribution is -2.30. The molecule has 0 fully saturated rings. The predicted octanol–water partition coefficient (Wildman–Crippen LogP) is 4.74. The Balaban J connectivity index is 2.32. The van der Waals surface area contributed by atoms with Gasteiger partial charge in [0.1, 0.15) is 0 Å². The molecule has 0 aliphatic carbocycles. The van der Waals surface area contributed by atoms with Gasteiger partial charge in [0.2, 0.25) is 0 Å². The molecule has 110 valence electrons. The fourth-order valence-electron chi connectivity index (χ4n) is 1.94. The second kappa shape index (κ2) is 7.43. The third-order valence-corrected chi connectivity index (χ3v) is 3.31. The number of hydrogen-bond acceptors (Lipinski definition) is 3. The van der Waals surface area contributed by atoms with Crippen molar-refractivity contribution in [1.82, 2.24) is 5.17 Å². The molecule has 0 aromatic heterocycles. The van der Waals surface area contributed by atoms with E-state index in [4.69, 9.17) is 4.84 Å². The molecule has 1 atom stereocenters. The van der Waals surface area contributed by atoms with Crippen LogP contribution in [0.4, 0.5) is 0 Å². The van der Waals surface area contributed by atoms with Gasteiger partial charge in [-0.1, -0.05) is 55.5 Å². The molecule has 1 unspecified atom stereocenters. The van der Waals surface area contributed by atoms with E-state index >= 15 is 0 Å². The Morgan fingerprint density at radius 1 is 1.05 bits per heavy atom. The van der Waals surface area contributed by atoms with Gasteiger partial charge in [0, 0.05) is 5.56 Å². The van der Waals surface area contributed by atoms with E-state index in [1.165, 1.54) is 0 Å². The van der Waals surface area contributed by atoms with Crippen LogP contribution in [-0.2, 0) is 0 Å². The third kappa shape index (κ3) is 3.81. The maximum absolute atomic E-state index is 5.97. The van der Waals surface area contributed by atoms with Crippen molar-refractivity contribution in [2.24, 2.45) is 10.3 Å². The van der Waals surface area contributed by atoms with E-state index in [-0.39, 0.29) is 6.04 Å². The van der Waals surface area contributed by atoms with E-state index in [1.54, 1.807) is 12.2 Å². The van der Waals surface area contributed by atoms with Crippen LogP contribution in [0.15, 0.2) is 64.9 Å². The Bertz CT molecular complexity index is 584. The van der Waals surface area contributed by atoms with Gasteiger partial charge < -0.3 is 4.84 Å². The Hall–Kier alpha value is -2.36. The predicted molar refractivity (Wildman–Crippen MR) is 84.9 cm³/mol. The molecule has 0 bridgehead atoms. The molecule has 0 N–H and O–H groups in total. The summed E-state index contributed by atoms with van der Waals surface area (Å²) in [6.45, 7) is 4.15. The second-order valence-corrected chi connectivity index (χ2v) is 4.80. The number of para-hydroxylation sites is 1. The molecule has 0 spiro atoms. The molecular weight excluding hydrogens is 262 g/mol. The van der Waals surface area contributed by atoms with Crippen LogP contribution in [0.3, 0.4) is 0 Å². The van der Waals surface area contributed by atoms with E-state index in [0.717, 1.165) is 23.3 Å². The zero-order chi connectivity index (χ0) is 15.1. The number of hydroxylamine groups is 1. The summed E-state index contributed by atoms with van der Waals surface area (Å²) < 4.78 is 0. The van der Waals surface area contributed by atoms with E-state index in [2.05, 4.69) is 36.3 Å². The minimum Gasteiger partial charge on any atom is -0.360 e. The SMILES string of the molecule is CCC(C)N(N=NC)Oc1ccccc1-c1ccccc1. The third-order valence-electron chi connectivity index (χ3n) is 3.31. The molecule has 0 amide bonds. The molecule has 0 aliphatic heterocycles. The van der Waals surface area contributed by atoms with Gasteiger partial charge in [-0.05, 0) is 30.2 Å². The maximum Gasteiger partial charge on any atom is 0.165 e. The summed E-state index contributed by atoms with van der Waals surface area (Å²) in [6.07, 6.45) is 0.923. The fraction of sp³-hybridized carbons (Fsp3) is 0.294. The largest absolute Gasteiger partial charge is 0.360 e. The second-order valence-electron chi connectivity index (χ2n) is 4.80. The topological polar surface area (TPSA) is 37.2 Å². The fourth-order valence-corrected chi connectivity index (χ4v) is 1.94. The first-order valence-electron chi connectivity index (χ1n) is 7.17. The monoisotopic (exact) mass is 283 g/mol. The van der Waals surface area contributed by atoms with Crippen LogP contribution in [0, 0.1) is 0 Å². The van der Waals surface area contributed by atoms with E-state index in [9.17, 15) is 0 Å². The van der Waals surface area contributed by atoms with Gasteiger partial charge in [0.25, 0.3) is 0 Å². The minimum atomic E-state index is 0.150. The number of benzene rings is 2. The van der Waals surface area contributed by atoms with Crippen molar-refractivity contribution in [3.63, 3.8) is 0 Å². The van der Waals surface area contributed by atoms with E-state index in [0.29, 0.717) is 0 Å². The van der Waals surface area contributed by atoms with Crippen LogP contribution >= 0.6 is 0 Å². The summed E-state index contributed by atoms with van der Waals surface area (Å²) in [5.74, 6) is 0.774. The first-order chi connectivity index (χ1) is 10.3. The lowest BCUT2D eigenvalue weighted by atomic mass is 10.1. The van der Waals surface area contributed by atoms with Crippen molar-refractivity contribution >= 4 is 0 Å². The van der Waals surface area contributed by atoms with Crippen molar-refractivity contribution in [1.29, 1.82) is 0 Å². The van der Waals surface area contributed by atoms with Gasteiger partial charge in [-0.15, -0.1) is 5.17 Å². The number of nitrogens with zero attached hydrogens (tertiary/aromatic N) is 3. The average molecular weight is 283 g/mol. The summed E-state index contributed by atoms with van der Waals surface area (Å²) in [5.41, 5.74) is 2.16. The molecule has 0 saturated heterocycles. The lowest BCUT2D eigenvalue weighted by molar-refractivity contribution is -0.0976. The molecule has 0 aliphatic rings. The van der Waals surface area contributed by atoms with Gasteiger partial charge in [0.05, 0.1) is 13.1 Å².